The van der Waals surface area contributed by atoms with Crippen molar-refractivity contribution in [2.24, 2.45) is 5.92 Å². The van der Waals surface area contributed by atoms with Crippen LogP contribution < -0.4 is 4.90 Å². The fourth-order valence-corrected chi connectivity index (χ4v) is 3.21. The molecule has 1 saturated heterocycles. The second kappa shape index (κ2) is 9.49. The van der Waals surface area contributed by atoms with E-state index in [2.05, 4.69) is 4.98 Å². The van der Waals surface area contributed by atoms with Crippen LogP contribution in [-0.2, 0) is 9.47 Å². The standard InChI is InChI=1S/C21H32N4O6/c1-20(2,3)30-18(26)23-11-7-8-15(13-23)14-24(19(27)31-21(4,5)6)16-9-10-17(22-12-16)25(28)29/h9-10,12,15H,7-8,11,13-14H2,1-6H3. The predicted molar refractivity (Wildman–Crippen MR) is 115 cm³/mol. The minimum absolute atomic E-state index is 0.0102. The molecule has 1 fully saturated rings. The molecule has 0 aromatic carbocycles. The number of likely N-dealkylation sites (tertiary alicyclic amines) is 1. The third-order valence-electron chi connectivity index (χ3n) is 4.46. The molecular weight excluding hydrogens is 404 g/mol. The summed E-state index contributed by atoms with van der Waals surface area (Å²) in [5.74, 6) is -0.314. The van der Waals surface area contributed by atoms with Gasteiger partial charge in [-0.2, -0.15) is 0 Å². The lowest BCUT2D eigenvalue weighted by atomic mass is 9.97. The van der Waals surface area contributed by atoms with Crippen molar-refractivity contribution in [2.75, 3.05) is 24.5 Å². The highest BCUT2D eigenvalue weighted by molar-refractivity contribution is 5.87. The van der Waals surface area contributed by atoms with Crippen molar-refractivity contribution in [1.29, 1.82) is 0 Å². The van der Waals surface area contributed by atoms with Crippen LogP contribution in [0.1, 0.15) is 54.4 Å². The van der Waals surface area contributed by atoms with Gasteiger partial charge in [-0.25, -0.2) is 9.59 Å². The largest absolute Gasteiger partial charge is 0.444 e. The Morgan fingerprint density at radius 2 is 1.84 bits per heavy atom. The van der Waals surface area contributed by atoms with Gasteiger partial charge in [-0.3, -0.25) is 4.90 Å². The third kappa shape index (κ3) is 7.69. The van der Waals surface area contributed by atoms with Crippen LogP contribution in [0.5, 0.6) is 0 Å². The number of nitrogens with zero attached hydrogens (tertiary/aromatic N) is 4. The van der Waals surface area contributed by atoms with Crippen LogP contribution in [-0.4, -0.2) is 57.8 Å². The quantitative estimate of drug-likeness (QED) is 0.508. The van der Waals surface area contributed by atoms with Gasteiger partial charge in [0, 0.05) is 25.7 Å². The van der Waals surface area contributed by atoms with E-state index >= 15 is 0 Å². The molecule has 2 amide bonds. The van der Waals surface area contributed by atoms with Gasteiger partial charge in [-0.05, 0) is 76.3 Å². The normalized spacial score (nSPS) is 17.1. The molecule has 31 heavy (non-hydrogen) atoms. The number of amides is 2. The van der Waals surface area contributed by atoms with Gasteiger partial charge in [0.25, 0.3) is 0 Å². The lowest BCUT2D eigenvalue weighted by Crippen LogP contribution is -2.47. The monoisotopic (exact) mass is 436 g/mol. The smallest absolute Gasteiger partial charge is 0.414 e. The van der Waals surface area contributed by atoms with E-state index in [0.29, 0.717) is 18.8 Å². The summed E-state index contributed by atoms with van der Waals surface area (Å²) in [5.41, 5.74) is -0.899. The van der Waals surface area contributed by atoms with E-state index in [1.807, 2.05) is 20.8 Å². The van der Waals surface area contributed by atoms with Gasteiger partial charge < -0.3 is 24.5 Å². The number of pyridine rings is 1. The molecule has 1 aliphatic heterocycles. The maximum absolute atomic E-state index is 12.9. The molecule has 0 saturated carbocycles. The van der Waals surface area contributed by atoms with E-state index in [9.17, 15) is 19.7 Å². The molecule has 1 aromatic heterocycles. The summed E-state index contributed by atoms with van der Waals surface area (Å²) in [4.78, 5) is 42.6. The Morgan fingerprint density at radius 1 is 1.19 bits per heavy atom. The van der Waals surface area contributed by atoms with E-state index < -0.39 is 22.2 Å². The number of aromatic nitrogens is 1. The lowest BCUT2D eigenvalue weighted by molar-refractivity contribution is -0.389. The Kier molecular flexibility index (Phi) is 7.45. The number of ether oxygens (including phenoxy) is 2. The fourth-order valence-electron chi connectivity index (χ4n) is 3.21. The van der Waals surface area contributed by atoms with E-state index in [1.54, 1.807) is 25.7 Å². The predicted octanol–water partition coefficient (Wildman–Crippen LogP) is 4.38. The topological polar surface area (TPSA) is 115 Å². The average molecular weight is 437 g/mol. The zero-order valence-electron chi connectivity index (χ0n) is 19.1. The summed E-state index contributed by atoms with van der Waals surface area (Å²) >= 11 is 0. The Labute approximate surface area is 182 Å². The van der Waals surface area contributed by atoms with Crippen LogP contribution in [0.3, 0.4) is 0 Å². The molecule has 0 radical (unpaired) electrons. The van der Waals surface area contributed by atoms with Gasteiger partial charge in [0.2, 0.25) is 0 Å². The molecule has 10 nitrogen and oxygen atoms in total. The van der Waals surface area contributed by atoms with Crippen LogP contribution in [0.2, 0.25) is 0 Å². The summed E-state index contributed by atoms with van der Waals surface area (Å²) in [6.07, 6.45) is 1.94. The Bertz CT molecular complexity index is 798. The van der Waals surface area contributed by atoms with Crippen LogP contribution in [0, 0.1) is 16.0 Å². The van der Waals surface area contributed by atoms with Crippen molar-refractivity contribution in [2.45, 2.75) is 65.6 Å². The fraction of sp³-hybridized carbons (Fsp3) is 0.667. The van der Waals surface area contributed by atoms with Crippen molar-refractivity contribution < 1.29 is 24.0 Å². The molecular formula is C21H32N4O6. The van der Waals surface area contributed by atoms with Crippen LogP contribution in [0.15, 0.2) is 18.3 Å². The van der Waals surface area contributed by atoms with Gasteiger partial charge >= 0.3 is 18.0 Å². The van der Waals surface area contributed by atoms with Crippen LogP contribution in [0.4, 0.5) is 21.1 Å². The number of hydrogen-bond donors (Lipinski definition) is 0. The van der Waals surface area contributed by atoms with E-state index in [1.165, 1.54) is 23.2 Å². The Balaban J connectivity index is 2.19. The van der Waals surface area contributed by atoms with E-state index in [4.69, 9.17) is 9.47 Å². The number of anilines is 1. The Hall–Kier alpha value is -2.91. The summed E-state index contributed by atoms with van der Waals surface area (Å²) in [6.45, 7) is 12.1. The molecule has 1 aliphatic rings. The van der Waals surface area contributed by atoms with Crippen LogP contribution >= 0.6 is 0 Å². The molecule has 0 spiro atoms. The summed E-state index contributed by atoms with van der Waals surface area (Å²) in [5, 5.41) is 10.9. The molecule has 0 bridgehead atoms. The highest BCUT2D eigenvalue weighted by Gasteiger charge is 2.32. The summed E-state index contributed by atoms with van der Waals surface area (Å²) in [7, 11) is 0. The van der Waals surface area contributed by atoms with Gasteiger partial charge in [0.05, 0.1) is 5.69 Å². The molecule has 10 heteroatoms. The minimum atomic E-state index is -0.710. The maximum Gasteiger partial charge on any atom is 0.414 e. The number of rotatable bonds is 4. The van der Waals surface area contributed by atoms with Crippen molar-refractivity contribution in [1.82, 2.24) is 9.88 Å². The number of hydrogen-bond acceptors (Lipinski definition) is 7. The van der Waals surface area contributed by atoms with Gasteiger partial charge in [-0.15, -0.1) is 0 Å². The first-order valence-electron chi connectivity index (χ1n) is 10.3. The maximum atomic E-state index is 12.9. The molecule has 2 heterocycles. The first-order valence-corrected chi connectivity index (χ1v) is 10.3. The molecule has 1 unspecified atom stereocenters. The number of carbonyl (C=O) groups excluding carboxylic acids is 2. The Morgan fingerprint density at radius 3 is 2.35 bits per heavy atom. The highest BCUT2D eigenvalue weighted by Crippen LogP contribution is 2.25. The number of nitro groups is 1. The van der Waals surface area contributed by atoms with Crippen molar-refractivity contribution >= 4 is 23.7 Å². The van der Waals surface area contributed by atoms with Crippen LogP contribution in [0.25, 0.3) is 0 Å². The van der Waals surface area contributed by atoms with Gasteiger partial charge in [-0.1, -0.05) is 0 Å². The van der Waals surface area contributed by atoms with E-state index in [0.717, 1.165) is 12.8 Å². The zero-order valence-corrected chi connectivity index (χ0v) is 19.1. The number of piperidine rings is 1. The van der Waals surface area contributed by atoms with Crippen molar-refractivity contribution in [3.05, 3.63) is 28.4 Å². The molecule has 172 valence electrons. The van der Waals surface area contributed by atoms with Crippen molar-refractivity contribution in [3.8, 4) is 0 Å². The van der Waals surface area contributed by atoms with Crippen molar-refractivity contribution in [3.63, 3.8) is 0 Å². The first-order chi connectivity index (χ1) is 14.2. The first kappa shape index (κ1) is 24.4. The zero-order chi connectivity index (χ0) is 23.4. The molecule has 0 N–H and O–H groups in total. The number of carbonyl (C=O) groups is 2. The summed E-state index contributed by atoms with van der Waals surface area (Å²) < 4.78 is 11.0. The summed E-state index contributed by atoms with van der Waals surface area (Å²) in [6, 6.07) is 2.73. The second-order valence-electron chi connectivity index (χ2n) is 9.66. The van der Waals surface area contributed by atoms with Gasteiger partial charge in [0.1, 0.15) is 11.2 Å². The second-order valence-corrected chi connectivity index (χ2v) is 9.66. The SMILES string of the molecule is CC(C)(C)OC(=O)N1CCCC(CN(C(=O)OC(C)(C)C)c2ccc([N+](=O)[O-])nc2)C1. The third-order valence-corrected chi connectivity index (χ3v) is 4.46. The van der Waals surface area contributed by atoms with E-state index in [-0.39, 0.29) is 24.4 Å². The molecule has 2 rings (SSSR count). The average Bonchev–Trinajstić information content (AvgIpc) is 2.63. The molecule has 0 aliphatic carbocycles. The lowest BCUT2D eigenvalue weighted by Gasteiger charge is -2.36. The molecule has 1 atom stereocenters. The van der Waals surface area contributed by atoms with Gasteiger partial charge in [0.15, 0.2) is 6.20 Å². The highest BCUT2D eigenvalue weighted by atomic mass is 16.6. The minimum Gasteiger partial charge on any atom is -0.444 e. The molecule has 1 aromatic rings.